The van der Waals surface area contributed by atoms with Crippen LogP contribution in [0.2, 0.25) is 0 Å². The minimum absolute atomic E-state index is 0.162. The Bertz CT molecular complexity index is 953. The van der Waals surface area contributed by atoms with Crippen molar-refractivity contribution < 1.29 is 22.7 Å². The summed E-state index contributed by atoms with van der Waals surface area (Å²) in [5, 5.41) is 2.77. The summed E-state index contributed by atoms with van der Waals surface area (Å²) in [7, 11) is -3.56. The number of sulfonamides is 1. The Morgan fingerprint density at radius 1 is 1.14 bits per heavy atom. The van der Waals surface area contributed by atoms with Crippen LogP contribution in [0.3, 0.4) is 0 Å². The summed E-state index contributed by atoms with van der Waals surface area (Å²) in [5.41, 5.74) is 2.40. The second-order valence-electron chi connectivity index (χ2n) is 6.65. The average molecular weight is 404 g/mol. The molecule has 0 aromatic heterocycles. The van der Waals surface area contributed by atoms with Gasteiger partial charge in [0.05, 0.1) is 18.1 Å². The number of hydrogen-bond donors (Lipinski definition) is 1. The summed E-state index contributed by atoms with van der Waals surface area (Å²) in [6.07, 6.45) is 0. The molecule has 1 heterocycles. The van der Waals surface area contributed by atoms with Crippen molar-refractivity contribution in [1.29, 1.82) is 0 Å². The van der Waals surface area contributed by atoms with Gasteiger partial charge in [-0.1, -0.05) is 12.1 Å². The zero-order valence-electron chi connectivity index (χ0n) is 16.0. The summed E-state index contributed by atoms with van der Waals surface area (Å²) in [6.45, 7) is 5.03. The molecule has 7 nitrogen and oxygen atoms in total. The van der Waals surface area contributed by atoms with Gasteiger partial charge >= 0.3 is 0 Å². The standard InChI is InChI=1S/C20H24N2O5S/c1-15-4-3-5-17(12-15)21-20(23)14-27-19-7-6-18(13-16(19)2)28(24,25)22-8-10-26-11-9-22/h3-7,12-13H,8-11,14H2,1-2H3,(H,21,23). The van der Waals surface area contributed by atoms with Gasteiger partial charge in [-0.05, 0) is 55.3 Å². The third-order valence-corrected chi connectivity index (χ3v) is 6.31. The molecule has 2 aromatic rings. The molecule has 1 fully saturated rings. The van der Waals surface area contributed by atoms with Crippen molar-refractivity contribution in [3.8, 4) is 5.75 Å². The number of carbonyl (C=O) groups is 1. The number of ether oxygens (including phenoxy) is 2. The number of rotatable bonds is 6. The first kappa shape index (κ1) is 20.3. The molecule has 0 radical (unpaired) electrons. The molecule has 1 aliphatic heterocycles. The van der Waals surface area contributed by atoms with Crippen molar-refractivity contribution in [2.24, 2.45) is 0 Å². The largest absolute Gasteiger partial charge is 0.483 e. The lowest BCUT2D eigenvalue weighted by Gasteiger charge is -2.26. The van der Waals surface area contributed by atoms with Gasteiger partial charge < -0.3 is 14.8 Å². The fourth-order valence-corrected chi connectivity index (χ4v) is 4.44. The molecule has 0 atom stereocenters. The summed E-state index contributed by atoms with van der Waals surface area (Å²) in [4.78, 5) is 12.3. The van der Waals surface area contributed by atoms with Crippen molar-refractivity contribution in [2.45, 2.75) is 18.7 Å². The fraction of sp³-hybridized carbons (Fsp3) is 0.350. The molecule has 1 N–H and O–H groups in total. The monoisotopic (exact) mass is 404 g/mol. The highest BCUT2D eigenvalue weighted by molar-refractivity contribution is 7.89. The van der Waals surface area contributed by atoms with Crippen LogP contribution >= 0.6 is 0 Å². The predicted octanol–water partition coefficient (Wildman–Crippen LogP) is 2.34. The summed E-state index contributed by atoms with van der Waals surface area (Å²) in [6, 6.07) is 12.1. The topological polar surface area (TPSA) is 84.9 Å². The summed E-state index contributed by atoms with van der Waals surface area (Å²) >= 11 is 0. The molecule has 3 rings (SSSR count). The molecule has 2 aromatic carbocycles. The number of benzene rings is 2. The molecule has 1 amide bonds. The van der Waals surface area contributed by atoms with Gasteiger partial charge in [0.2, 0.25) is 10.0 Å². The SMILES string of the molecule is Cc1cccc(NC(=O)COc2ccc(S(=O)(=O)N3CCOCC3)cc2C)c1. The highest BCUT2D eigenvalue weighted by atomic mass is 32.2. The van der Waals surface area contributed by atoms with Crippen LogP contribution in [0, 0.1) is 13.8 Å². The van der Waals surface area contributed by atoms with Crippen LogP contribution < -0.4 is 10.1 Å². The van der Waals surface area contributed by atoms with Crippen LogP contribution in [0.1, 0.15) is 11.1 Å². The smallest absolute Gasteiger partial charge is 0.262 e. The lowest BCUT2D eigenvalue weighted by molar-refractivity contribution is -0.118. The van der Waals surface area contributed by atoms with Gasteiger partial charge in [0.1, 0.15) is 5.75 Å². The Balaban J connectivity index is 1.63. The third kappa shape index (κ3) is 4.89. The zero-order valence-corrected chi connectivity index (χ0v) is 16.8. The van der Waals surface area contributed by atoms with Gasteiger partial charge in [0.25, 0.3) is 5.91 Å². The molecule has 0 aliphatic carbocycles. The number of morpholine rings is 1. The molecular formula is C20H24N2O5S. The quantitative estimate of drug-likeness (QED) is 0.799. The minimum Gasteiger partial charge on any atom is -0.483 e. The van der Waals surface area contributed by atoms with E-state index in [2.05, 4.69) is 5.32 Å². The van der Waals surface area contributed by atoms with Crippen molar-refractivity contribution in [2.75, 3.05) is 38.2 Å². The number of nitrogens with zero attached hydrogens (tertiary/aromatic N) is 1. The number of carbonyl (C=O) groups excluding carboxylic acids is 1. The average Bonchev–Trinajstić information content (AvgIpc) is 2.67. The molecule has 0 bridgehead atoms. The Morgan fingerprint density at radius 2 is 1.89 bits per heavy atom. The zero-order chi connectivity index (χ0) is 20.1. The predicted molar refractivity (Wildman–Crippen MR) is 106 cm³/mol. The van der Waals surface area contributed by atoms with E-state index >= 15 is 0 Å². The van der Waals surface area contributed by atoms with Gasteiger partial charge in [0, 0.05) is 18.8 Å². The van der Waals surface area contributed by atoms with E-state index < -0.39 is 10.0 Å². The molecule has 28 heavy (non-hydrogen) atoms. The molecule has 1 saturated heterocycles. The number of nitrogens with one attached hydrogen (secondary N) is 1. The molecular weight excluding hydrogens is 380 g/mol. The van der Waals surface area contributed by atoms with Gasteiger partial charge in [-0.25, -0.2) is 8.42 Å². The molecule has 0 spiro atoms. The Hall–Kier alpha value is -2.42. The Kier molecular flexibility index (Phi) is 6.33. The number of hydrogen-bond acceptors (Lipinski definition) is 5. The van der Waals surface area contributed by atoms with Crippen molar-refractivity contribution >= 4 is 21.6 Å². The number of anilines is 1. The van der Waals surface area contributed by atoms with E-state index in [1.807, 2.05) is 25.1 Å². The number of amides is 1. The van der Waals surface area contributed by atoms with E-state index in [0.717, 1.165) is 5.56 Å². The van der Waals surface area contributed by atoms with E-state index in [9.17, 15) is 13.2 Å². The van der Waals surface area contributed by atoms with E-state index in [4.69, 9.17) is 9.47 Å². The first-order chi connectivity index (χ1) is 13.4. The van der Waals surface area contributed by atoms with Gasteiger partial charge in [0.15, 0.2) is 6.61 Å². The van der Waals surface area contributed by atoms with E-state index in [0.29, 0.717) is 43.3 Å². The Morgan fingerprint density at radius 3 is 2.57 bits per heavy atom. The van der Waals surface area contributed by atoms with Crippen molar-refractivity contribution in [3.63, 3.8) is 0 Å². The maximum absolute atomic E-state index is 12.7. The van der Waals surface area contributed by atoms with Crippen LogP contribution in [0.4, 0.5) is 5.69 Å². The van der Waals surface area contributed by atoms with Gasteiger partial charge in [-0.15, -0.1) is 0 Å². The molecule has 1 aliphatic rings. The lowest BCUT2D eigenvalue weighted by Crippen LogP contribution is -2.40. The normalized spacial score (nSPS) is 15.2. The Labute approximate surface area is 165 Å². The number of aryl methyl sites for hydroxylation is 2. The maximum Gasteiger partial charge on any atom is 0.262 e. The first-order valence-electron chi connectivity index (χ1n) is 9.04. The first-order valence-corrected chi connectivity index (χ1v) is 10.5. The highest BCUT2D eigenvalue weighted by Gasteiger charge is 2.26. The van der Waals surface area contributed by atoms with Crippen LogP contribution in [-0.4, -0.2) is 51.5 Å². The highest BCUT2D eigenvalue weighted by Crippen LogP contribution is 2.24. The minimum atomic E-state index is -3.56. The van der Waals surface area contributed by atoms with E-state index in [-0.39, 0.29) is 17.4 Å². The maximum atomic E-state index is 12.7. The second-order valence-corrected chi connectivity index (χ2v) is 8.59. The van der Waals surface area contributed by atoms with E-state index in [1.54, 1.807) is 25.1 Å². The van der Waals surface area contributed by atoms with Crippen molar-refractivity contribution in [3.05, 3.63) is 53.6 Å². The third-order valence-electron chi connectivity index (χ3n) is 4.41. The molecule has 0 saturated carbocycles. The molecule has 8 heteroatoms. The van der Waals surface area contributed by atoms with Crippen LogP contribution in [0.25, 0.3) is 0 Å². The van der Waals surface area contributed by atoms with Crippen LogP contribution in [0.5, 0.6) is 5.75 Å². The lowest BCUT2D eigenvalue weighted by atomic mass is 10.2. The van der Waals surface area contributed by atoms with Crippen molar-refractivity contribution in [1.82, 2.24) is 4.31 Å². The van der Waals surface area contributed by atoms with Gasteiger partial charge in [-0.3, -0.25) is 4.79 Å². The van der Waals surface area contributed by atoms with Gasteiger partial charge in [-0.2, -0.15) is 4.31 Å². The molecule has 0 unspecified atom stereocenters. The second kappa shape index (κ2) is 8.72. The van der Waals surface area contributed by atoms with Crippen LogP contribution in [-0.2, 0) is 19.6 Å². The summed E-state index contributed by atoms with van der Waals surface area (Å²) in [5.74, 6) is 0.190. The van der Waals surface area contributed by atoms with E-state index in [1.165, 1.54) is 10.4 Å². The van der Waals surface area contributed by atoms with Crippen LogP contribution in [0.15, 0.2) is 47.4 Å². The fourth-order valence-electron chi connectivity index (χ4n) is 2.94. The molecule has 150 valence electrons. The summed E-state index contributed by atoms with van der Waals surface area (Å²) < 4.78 is 37.6.